The third kappa shape index (κ3) is 5.36. The zero-order valence-electron chi connectivity index (χ0n) is 8.05. The minimum atomic E-state index is 0.341. The molecule has 2 heteroatoms. The standard InChI is InChI=1S/C10H21S2/c1-3-4-5-6-7-10(2,8-11)9-12/h11-12H,1,3-9H2,2H3. The van der Waals surface area contributed by atoms with Crippen LogP contribution in [0.25, 0.3) is 0 Å². The van der Waals surface area contributed by atoms with Gasteiger partial charge in [0.2, 0.25) is 0 Å². The molecule has 0 nitrogen and oxygen atoms in total. The Morgan fingerprint density at radius 2 is 1.67 bits per heavy atom. The minimum Gasteiger partial charge on any atom is -0.179 e. The van der Waals surface area contributed by atoms with Crippen molar-refractivity contribution >= 4 is 25.3 Å². The van der Waals surface area contributed by atoms with E-state index in [1.165, 1.54) is 25.7 Å². The van der Waals surface area contributed by atoms with Crippen LogP contribution < -0.4 is 0 Å². The molecule has 0 unspecified atom stereocenters. The first-order chi connectivity index (χ1) is 5.68. The molecular formula is C10H21S2. The summed E-state index contributed by atoms with van der Waals surface area (Å²) in [7, 11) is 0. The van der Waals surface area contributed by atoms with Crippen molar-refractivity contribution in [2.24, 2.45) is 5.41 Å². The predicted molar refractivity (Wildman–Crippen MR) is 64.3 cm³/mol. The van der Waals surface area contributed by atoms with E-state index in [1.807, 2.05) is 0 Å². The zero-order chi connectivity index (χ0) is 9.45. The predicted octanol–water partition coefficient (Wildman–Crippen LogP) is 3.64. The topological polar surface area (TPSA) is 0 Å². The number of rotatable bonds is 7. The lowest BCUT2D eigenvalue weighted by Gasteiger charge is -2.25. The molecule has 0 aromatic carbocycles. The van der Waals surface area contributed by atoms with E-state index >= 15 is 0 Å². The van der Waals surface area contributed by atoms with Crippen LogP contribution >= 0.6 is 25.3 Å². The average molecular weight is 205 g/mol. The highest BCUT2D eigenvalue weighted by atomic mass is 32.1. The molecule has 0 aromatic heterocycles. The lowest BCUT2D eigenvalue weighted by molar-refractivity contribution is 0.377. The Morgan fingerprint density at radius 3 is 2.08 bits per heavy atom. The Balaban J connectivity index is 3.45. The minimum absolute atomic E-state index is 0.341. The third-order valence-electron chi connectivity index (χ3n) is 2.29. The summed E-state index contributed by atoms with van der Waals surface area (Å²) in [4.78, 5) is 0. The van der Waals surface area contributed by atoms with Crippen molar-refractivity contribution in [2.75, 3.05) is 11.5 Å². The van der Waals surface area contributed by atoms with Crippen LogP contribution in [0.1, 0.15) is 39.0 Å². The monoisotopic (exact) mass is 205 g/mol. The molecule has 0 aliphatic rings. The van der Waals surface area contributed by atoms with Crippen molar-refractivity contribution in [1.29, 1.82) is 0 Å². The van der Waals surface area contributed by atoms with Gasteiger partial charge in [0.15, 0.2) is 0 Å². The fourth-order valence-electron chi connectivity index (χ4n) is 1.11. The Labute approximate surface area is 88.3 Å². The highest BCUT2D eigenvalue weighted by Gasteiger charge is 2.19. The maximum absolute atomic E-state index is 4.35. The maximum Gasteiger partial charge on any atom is -0.00360 e. The molecule has 0 spiro atoms. The summed E-state index contributed by atoms with van der Waals surface area (Å²) in [6.07, 6.45) is 6.18. The van der Waals surface area contributed by atoms with Crippen molar-refractivity contribution in [3.05, 3.63) is 6.92 Å². The number of hydrogen-bond donors (Lipinski definition) is 2. The fourth-order valence-corrected chi connectivity index (χ4v) is 1.83. The molecule has 0 heterocycles. The van der Waals surface area contributed by atoms with Gasteiger partial charge >= 0.3 is 0 Å². The molecule has 0 atom stereocenters. The van der Waals surface area contributed by atoms with Gasteiger partial charge in [0, 0.05) is 0 Å². The summed E-state index contributed by atoms with van der Waals surface area (Å²) in [6, 6.07) is 0. The van der Waals surface area contributed by atoms with Crippen molar-refractivity contribution < 1.29 is 0 Å². The molecule has 0 saturated heterocycles. The number of thiol groups is 2. The third-order valence-corrected chi connectivity index (χ3v) is 3.82. The molecule has 0 aromatic rings. The van der Waals surface area contributed by atoms with Crippen LogP contribution in [0.15, 0.2) is 0 Å². The molecule has 12 heavy (non-hydrogen) atoms. The van der Waals surface area contributed by atoms with Crippen LogP contribution in [0.3, 0.4) is 0 Å². The van der Waals surface area contributed by atoms with Crippen molar-refractivity contribution in [2.45, 2.75) is 39.0 Å². The zero-order valence-corrected chi connectivity index (χ0v) is 9.84. The quantitative estimate of drug-likeness (QED) is 0.460. The second-order valence-corrected chi connectivity index (χ2v) is 4.42. The molecule has 0 aliphatic carbocycles. The van der Waals surface area contributed by atoms with E-state index in [0.717, 1.165) is 17.9 Å². The van der Waals surface area contributed by atoms with Crippen LogP contribution in [-0.4, -0.2) is 11.5 Å². The normalized spacial score (nSPS) is 12.0. The second kappa shape index (κ2) is 7.14. The smallest absolute Gasteiger partial charge is 0.00360 e. The van der Waals surface area contributed by atoms with Gasteiger partial charge in [-0.1, -0.05) is 39.5 Å². The first-order valence-electron chi connectivity index (χ1n) is 4.69. The average Bonchev–Trinajstić information content (AvgIpc) is 2.12. The van der Waals surface area contributed by atoms with E-state index in [2.05, 4.69) is 39.1 Å². The molecule has 0 aliphatic heterocycles. The second-order valence-electron chi connectivity index (χ2n) is 3.79. The van der Waals surface area contributed by atoms with Gasteiger partial charge in [-0.05, 0) is 23.3 Å². The first kappa shape index (κ1) is 12.7. The van der Waals surface area contributed by atoms with E-state index < -0.39 is 0 Å². The van der Waals surface area contributed by atoms with Crippen LogP contribution in [-0.2, 0) is 0 Å². The first-order valence-corrected chi connectivity index (χ1v) is 5.96. The maximum atomic E-state index is 4.35. The fraction of sp³-hybridized carbons (Fsp3) is 0.900. The molecule has 0 bridgehead atoms. The highest BCUT2D eigenvalue weighted by Crippen LogP contribution is 2.27. The molecule has 0 fully saturated rings. The Kier molecular flexibility index (Phi) is 7.55. The highest BCUT2D eigenvalue weighted by molar-refractivity contribution is 7.81. The van der Waals surface area contributed by atoms with Gasteiger partial charge in [-0.25, -0.2) is 0 Å². The Morgan fingerprint density at radius 1 is 1.08 bits per heavy atom. The van der Waals surface area contributed by atoms with Crippen LogP contribution in [0, 0.1) is 12.3 Å². The van der Waals surface area contributed by atoms with Gasteiger partial charge in [-0.15, -0.1) is 0 Å². The molecule has 0 N–H and O–H groups in total. The van der Waals surface area contributed by atoms with E-state index in [9.17, 15) is 0 Å². The Hall–Kier alpha value is 0.700. The van der Waals surface area contributed by atoms with E-state index in [0.29, 0.717) is 5.41 Å². The van der Waals surface area contributed by atoms with Crippen LogP contribution in [0.2, 0.25) is 0 Å². The summed E-state index contributed by atoms with van der Waals surface area (Å²) >= 11 is 8.69. The van der Waals surface area contributed by atoms with Crippen LogP contribution in [0.5, 0.6) is 0 Å². The van der Waals surface area contributed by atoms with Gasteiger partial charge < -0.3 is 0 Å². The molecule has 0 rings (SSSR count). The van der Waals surface area contributed by atoms with Gasteiger partial charge in [0.1, 0.15) is 0 Å². The SMILES string of the molecule is [CH2]CCCCCC(C)(CS)CS. The van der Waals surface area contributed by atoms with Crippen LogP contribution in [0.4, 0.5) is 0 Å². The number of hydrogen-bond acceptors (Lipinski definition) is 2. The molecule has 0 saturated carbocycles. The Bertz CT molecular complexity index is 98.0. The lowest BCUT2D eigenvalue weighted by Crippen LogP contribution is -2.20. The summed E-state index contributed by atoms with van der Waals surface area (Å²) in [6.45, 7) is 6.09. The largest absolute Gasteiger partial charge is 0.179 e. The van der Waals surface area contributed by atoms with Crippen molar-refractivity contribution in [3.8, 4) is 0 Å². The van der Waals surface area contributed by atoms with Crippen molar-refractivity contribution in [3.63, 3.8) is 0 Å². The van der Waals surface area contributed by atoms with E-state index in [4.69, 9.17) is 0 Å². The van der Waals surface area contributed by atoms with Gasteiger partial charge in [0.05, 0.1) is 0 Å². The summed E-state index contributed by atoms with van der Waals surface area (Å²) in [5.41, 5.74) is 0.341. The molecular weight excluding hydrogens is 184 g/mol. The molecule has 0 amide bonds. The molecule has 1 radical (unpaired) electrons. The van der Waals surface area contributed by atoms with Crippen molar-refractivity contribution in [1.82, 2.24) is 0 Å². The summed E-state index contributed by atoms with van der Waals surface area (Å²) in [5, 5.41) is 0. The lowest BCUT2D eigenvalue weighted by atomic mass is 9.89. The van der Waals surface area contributed by atoms with Gasteiger partial charge in [-0.2, -0.15) is 25.3 Å². The van der Waals surface area contributed by atoms with Gasteiger partial charge in [0.25, 0.3) is 0 Å². The van der Waals surface area contributed by atoms with E-state index in [-0.39, 0.29) is 0 Å². The summed E-state index contributed by atoms with van der Waals surface area (Å²) < 4.78 is 0. The summed E-state index contributed by atoms with van der Waals surface area (Å²) in [5.74, 6) is 1.89. The number of unbranched alkanes of at least 4 members (excludes halogenated alkanes) is 3. The molecule has 73 valence electrons. The van der Waals surface area contributed by atoms with E-state index in [1.54, 1.807) is 0 Å². The van der Waals surface area contributed by atoms with Gasteiger partial charge in [-0.3, -0.25) is 0 Å².